The summed E-state index contributed by atoms with van der Waals surface area (Å²) < 4.78 is 30.7. The molecule has 1 heterocycles. The molecule has 0 unspecified atom stereocenters. The van der Waals surface area contributed by atoms with Gasteiger partial charge in [0.15, 0.2) is 0 Å². The first-order chi connectivity index (χ1) is 15.7. The van der Waals surface area contributed by atoms with Crippen LogP contribution in [-0.2, 0) is 14.8 Å². The number of phenolic OH excluding ortho intramolecular Hbond substituents is 1. The van der Waals surface area contributed by atoms with Crippen LogP contribution in [0.15, 0.2) is 65.3 Å². The van der Waals surface area contributed by atoms with E-state index in [1.54, 1.807) is 55.5 Å². The topological polar surface area (TPSA) is 118 Å². The van der Waals surface area contributed by atoms with Crippen molar-refractivity contribution in [1.82, 2.24) is 4.90 Å². The van der Waals surface area contributed by atoms with Crippen molar-refractivity contribution in [1.29, 1.82) is 5.41 Å². The molecule has 2 aromatic carbocycles. The van der Waals surface area contributed by atoms with Crippen LogP contribution < -0.4 is 9.62 Å². The number of aliphatic imine (C=N–C) groups is 1. The summed E-state index contributed by atoms with van der Waals surface area (Å²) in [6.45, 7) is 1.67. The molecule has 3 N–H and O–H groups in total. The second-order valence-electron chi connectivity index (χ2n) is 7.77. The molecule has 0 atom stereocenters. The second-order valence-corrected chi connectivity index (χ2v) is 9.52. The van der Waals surface area contributed by atoms with Crippen LogP contribution in [0.5, 0.6) is 5.75 Å². The highest BCUT2D eigenvalue weighted by atomic mass is 32.2. The molecule has 0 aliphatic carbocycles. The van der Waals surface area contributed by atoms with Gasteiger partial charge in [0.2, 0.25) is 16.0 Å². The molecule has 1 aliphatic rings. The molecule has 9 nitrogen and oxygen atoms in total. The Labute approximate surface area is 194 Å². The number of methoxy groups -OCH3 is 1. The highest BCUT2D eigenvalue weighted by molar-refractivity contribution is 7.92. The summed E-state index contributed by atoms with van der Waals surface area (Å²) in [6.07, 6.45) is 3.74. The number of guanidine groups is 1. The van der Waals surface area contributed by atoms with Crippen LogP contribution in [-0.4, -0.2) is 70.2 Å². The molecule has 176 valence electrons. The SMILES string of the molecule is COCCN(C)C(=N)N=C(C1=CN(c2cccc(NS(C)(=O)=O)c2)CC1)c1cccc(O)c1. The normalized spacial score (nSPS) is 14.2. The number of likely N-dealkylation sites (N-methyl/N-ethyl adjacent to an activating group) is 1. The Balaban J connectivity index is 1.93. The van der Waals surface area contributed by atoms with E-state index in [9.17, 15) is 13.5 Å². The van der Waals surface area contributed by atoms with E-state index in [0.29, 0.717) is 43.1 Å². The largest absolute Gasteiger partial charge is 0.508 e. The van der Waals surface area contributed by atoms with Gasteiger partial charge in [-0.2, -0.15) is 0 Å². The number of nitrogens with zero attached hydrogens (tertiary/aromatic N) is 3. The zero-order chi connectivity index (χ0) is 24.0. The Morgan fingerprint density at radius 3 is 2.73 bits per heavy atom. The number of nitrogens with one attached hydrogen (secondary N) is 2. The molecule has 0 saturated carbocycles. The third-order valence-corrected chi connectivity index (χ3v) is 5.66. The highest BCUT2D eigenvalue weighted by Gasteiger charge is 2.21. The minimum atomic E-state index is -3.37. The average Bonchev–Trinajstić information content (AvgIpc) is 3.24. The van der Waals surface area contributed by atoms with E-state index >= 15 is 0 Å². The van der Waals surface area contributed by atoms with Gasteiger partial charge in [-0.05, 0) is 42.3 Å². The van der Waals surface area contributed by atoms with E-state index in [1.165, 1.54) is 0 Å². The van der Waals surface area contributed by atoms with Crippen LogP contribution in [0.25, 0.3) is 0 Å². The van der Waals surface area contributed by atoms with Crippen molar-refractivity contribution in [3.63, 3.8) is 0 Å². The maximum atomic E-state index is 11.6. The van der Waals surface area contributed by atoms with Crippen molar-refractivity contribution < 1.29 is 18.3 Å². The number of benzene rings is 2. The molecule has 0 aromatic heterocycles. The Kier molecular flexibility index (Phi) is 7.72. The number of sulfonamides is 1. The summed E-state index contributed by atoms with van der Waals surface area (Å²) in [6, 6.07) is 14.0. The first-order valence-electron chi connectivity index (χ1n) is 10.4. The zero-order valence-corrected chi connectivity index (χ0v) is 19.8. The highest BCUT2D eigenvalue weighted by Crippen LogP contribution is 2.28. The van der Waals surface area contributed by atoms with Gasteiger partial charge in [-0.25, -0.2) is 13.4 Å². The molecule has 0 saturated heterocycles. The van der Waals surface area contributed by atoms with Gasteiger partial charge in [-0.3, -0.25) is 10.1 Å². The van der Waals surface area contributed by atoms with Gasteiger partial charge in [0, 0.05) is 44.7 Å². The van der Waals surface area contributed by atoms with Gasteiger partial charge in [0.05, 0.1) is 24.3 Å². The summed E-state index contributed by atoms with van der Waals surface area (Å²) in [5.74, 6) is 0.207. The van der Waals surface area contributed by atoms with Crippen LogP contribution in [0.1, 0.15) is 12.0 Å². The lowest BCUT2D eigenvalue weighted by atomic mass is 10.0. The minimum Gasteiger partial charge on any atom is -0.508 e. The first kappa shape index (κ1) is 24.3. The fourth-order valence-corrected chi connectivity index (χ4v) is 3.96. The maximum absolute atomic E-state index is 11.6. The summed E-state index contributed by atoms with van der Waals surface area (Å²) in [7, 11) is 0.0126. The Hall–Kier alpha value is -3.37. The van der Waals surface area contributed by atoms with Crippen molar-refractivity contribution in [2.75, 3.05) is 49.7 Å². The fourth-order valence-electron chi connectivity index (χ4n) is 3.40. The molecule has 33 heavy (non-hydrogen) atoms. The van der Waals surface area contributed by atoms with Gasteiger partial charge >= 0.3 is 0 Å². The number of hydrogen-bond acceptors (Lipinski definition) is 6. The molecular weight excluding hydrogens is 442 g/mol. The third kappa shape index (κ3) is 6.80. The molecule has 0 amide bonds. The second kappa shape index (κ2) is 10.5. The van der Waals surface area contributed by atoms with Crippen LogP contribution in [0.4, 0.5) is 11.4 Å². The molecular formula is C23H29N5O4S. The lowest BCUT2D eigenvalue weighted by Crippen LogP contribution is -2.29. The number of hydrogen-bond donors (Lipinski definition) is 3. The Morgan fingerprint density at radius 1 is 1.27 bits per heavy atom. The summed E-state index contributed by atoms with van der Waals surface area (Å²) in [4.78, 5) is 8.30. The van der Waals surface area contributed by atoms with Crippen LogP contribution >= 0.6 is 0 Å². The van der Waals surface area contributed by atoms with E-state index < -0.39 is 10.0 Å². The number of ether oxygens (including phenoxy) is 1. The van der Waals surface area contributed by atoms with Crippen molar-refractivity contribution in [2.45, 2.75) is 6.42 Å². The maximum Gasteiger partial charge on any atom is 0.229 e. The van der Waals surface area contributed by atoms with E-state index in [0.717, 1.165) is 17.5 Å². The minimum absolute atomic E-state index is 0.0871. The van der Waals surface area contributed by atoms with Crippen molar-refractivity contribution >= 4 is 33.1 Å². The lowest BCUT2D eigenvalue weighted by Gasteiger charge is -2.18. The standard InChI is InChI=1S/C23H29N5O4S/c1-27(12-13-32-2)23(24)25-22(17-6-4-9-21(29)14-17)18-10-11-28(16-18)20-8-5-7-19(15-20)26-33(3,30)31/h4-9,14-16,24,26,29H,10-13H2,1-3H3. The number of phenols is 1. The molecule has 10 heteroatoms. The van der Waals surface area contributed by atoms with Crippen molar-refractivity contribution in [3.8, 4) is 5.75 Å². The summed E-state index contributed by atoms with van der Waals surface area (Å²) in [5.41, 5.74) is 3.54. The predicted molar refractivity (Wildman–Crippen MR) is 132 cm³/mol. The van der Waals surface area contributed by atoms with Gasteiger partial charge in [0.25, 0.3) is 0 Å². The van der Waals surface area contributed by atoms with E-state index in [4.69, 9.17) is 10.1 Å². The number of rotatable bonds is 8. The van der Waals surface area contributed by atoms with E-state index in [1.807, 2.05) is 23.2 Å². The van der Waals surface area contributed by atoms with Crippen molar-refractivity contribution in [3.05, 3.63) is 65.9 Å². The molecule has 2 aromatic rings. The third-order valence-electron chi connectivity index (χ3n) is 5.05. The molecule has 0 fully saturated rings. The van der Waals surface area contributed by atoms with E-state index in [2.05, 4.69) is 9.71 Å². The van der Waals surface area contributed by atoms with Gasteiger partial charge in [-0.1, -0.05) is 18.2 Å². The number of aromatic hydroxyl groups is 1. The number of anilines is 2. The average molecular weight is 472 g/mol. The van der Waals surface area contributed by atoms with Gasteiger partial charge < -0.3 is 19.6 Å². The zero-order valence-electron chi connectivity index (χ0n) is 18.9. The molecule has 1 aliphatic heterocycles. The Bertz CT molecular complexity index is 1180. The quantitative estimate of drug-likeness (QED) is 0.402. The molecule has 3 rings (SSSR count). The smallest absolute Gasteiger partial charge is 0.229 e. The summed E-state index contributed by atoms with van der Waals surface area (Å²) >= 11 is 0. The lowest BCUT2D eigenvalue weighted by molar-refractivity contribution is 0.182. The molecule has 0 radical (unpaired) electrons. The molecule has 0 spiro atoms. The summed E-state index contributed by atoms with van der Waals surface area (Å²) in [5, 5.41) is 18.4. The van der Waals surface area contributed by atoms with Crippen LogP contribution in [0.2, 0.25) is 0 Å². The predicted octanol–water partition coefficient (Wildman–Crippen LogP) is 2.86. The van der Waals surface area contributed by atoms with Crippen molar-refractivity contribution in [2.24, 2.45) is 4.99 Å². The van der Waals surface area contributed by atoms with E-state index in [-0.39, 0.29) is 11.7 Å². The van der Waals surface area contributed by atoms with Gasteiger partial charge in [-0.15, -0.1) is 0 Å². The Morgan fingerprint density at radius 2 is 2.03 bits per heavy atom. The molecule has 0 bridgehead atoms. The van der Waals surface area contributed by atoms with Gasteiger partial charge in [0.1, 0.15) is 5.75 Å². The fraction of sp³-hybridized carbons (Fsp3) is 0.304. The van der Waals surface area contributed by atoms with Crippen LogP contribution in [0, 0.1) is 5.41 Å². The monoisotopic (exact) mass is 471 g/mol. The van der Waals surface area contributed by atoms with Crippen LogP contribution in [0.3, 0.4) is 0 Å². The first-order valence-corrected chi connectivity index (χ1v) is 12.3.